The minimum absolute atomic E-state index is 0.294. The first-order valence-corrected chi connectivity index (χ1v) is 12.1. The van der Waals surface area contributed by atoms with Crippen LogP contribution in [0, 0.1) is 5.82 Å². The molecule has 0 bridgehead atoms. The molecule has 2 aliphatic heterocycles. The van der Waals surface area contributed by atoms with E-state index in [4.69, 9.17) is 14.2 Å². The third-order valence-electron chi connectivity index (χ3n) is 6.67. The molecule has 0 aliphatic carbocycles. The topological polar surface area (TPSA) is 69.0 Å². The Balaban J connectivity index is 1.33. The molecule has 1 amide bonds. The van der Waals surface area contributed by atoms with E-state index in [1.165, 1.54) is 17.0 Å². The monoisotopic (exact) mass is 501 g/mol. The summed E-state index contributed by atoms with van der Waals surface area (Å²) in [5.41, 5.74) is 2.08. The largest absolute Gasteiger partial charge is 0.456 e. The summed E-state index contributed by atoms with van der Waals surface area (Å²) in [6, 6.07) is 15.7. The molecule has 0 spiro atoms. The van der Waals surface area contributed by atoms with Gasteiger partial charge in [0.2, 0.25) is 11.2 Å². The summed E-state index contributed by atoms with van der Waals surface area (Å²) in [6.45, 7) is 6.01. The van der Waals surface area contributed by atoms with Crippen molar-refractivity contribution in [2.75, 3.05) is 13.1 Å². The summed E-state index contributed by atoms with van der Waals surface area (Å²) < 4.78 is 33.3. The lowest BCUT2D eigenvalue weighted by Gasteiger charge is -2.38. The van der Waals surface area contributed by atoms with Crippen LogP contribution in [0.15, 0.2) is 54.6 Å². The number of aromatic nitrogens is 1. The van der Waals surface area contributed by atoms with Crippen molar-refractivity contribution in [1.29, 1.82) is 0 Å². The molecule has 0 N–H and O–H groups in total. The average molecular weight is 502 g/mol. The fourth-order valence-corrected chi connectivity index (χ4v) is 4.95. The number of hydrogen-bond donors (Lipinski definition) is 0. The number of likely N-dealkylation sites (tertiary alicyclic amines) is 1. The Bertz CT molecular complexity index is 1620. The molecule has 0 unspecified atom stereocenters. The van der Waals surface area contributed by atoms with Crippen molar-refractivity contribution in [2.45, 2.75) is 32.5 Å². The van der Waals surface area contributed by atoms with Crippen LogP contribution in [0.3, 0.4) is 0 Å². The van der Waals surface area contributed by atoms with Crippen LogP contribution in [-0.4, -0.2) is 41.8 Å². The van der Waals surface area contributed by atoms with Crippen LogP contribution >= 0.6 is 0 Å². The molecule has 0 radical (unpaired) electrons. The van der Waals surface area contributed by atoms with Gasteiger partial charge in [-0.3, -0.25) is 0 Å². The number of rotatable bonds is 2. The molecular weight excluding hydrogens is 475 g/mol. The van der Waals surface area contributed by atoms with Gasteiger partial charge >= 0.3 is 12.1 Å². The second kappa shape index (κ2) is 8.16. The van der Waals surface area contributed by atoms with Crippen LogP contribution in [0.1, 0.15) is 31.1 Å². The zero-order valence-corrected chi connectivity index (χ0v) is 21.0. The smallest absolute Gasteiger partial charge is 0.410 e. The summed E-state index contributed by atoms with van der Waals surface area (Å²) in [6.07, 6.45) is -0.810. The molecule has 188 valence electrons. The molecule has 0 saturated carbocycles. The maximum Gasteiger partial charge on any atom is 0.410 e. The van der Waals surface area contributed by atoms with E-state index in [9.17, 15) is 14.0 Å². The molecule has 1 aromatic heterocycles. The van der Waals surface area contributed by atoms with Crippen LogP contribution in [-0.2, 0) is 16.5 Å². The van der Waals surface area contributed by atoms with Gasteiger partial charge in [-0.25, -0.2) is 14.0 Å². The summed E-state index contributed by atoms with van der Waals surface area (Å²) >= 11 is 0. The molecule has 7 nitrogen and oxygen atoms in total. The SMILES string of the molecule is C[n+]1c2c3c(cccc3c3ccc(C(=O)OC4CN(C(=O)OC(C)(C)C)C4)cc31)Oc1ccc(F)cc1-2. The number of carbonyl (C=O) groups is 2. The van der Waals surface area contributed by atoms with Gasteiger partial charge in [0, 0.05) is 11.5 Å². The Labute approximate surface area is 213 Å². The Kier molecular flexibility index (Phi) is 5.12. The number of amides is 1. The number of esters is 1. The third kappa shape index (κ3) is 3.93. The van der Waals surface area contributed by atoms with E-state index in [0.29, 0.717) is 35.7 Å². The molecule has 3 heterocycles. The van der Waals surface area contributed by atoms with Gasteiger partial charge in [0.05, 0.1) is 35.0 Å². The molecule has 0 atom stereocenters. The van der Waals surface area contributed by atoms with Gasteiger partial charge < -0.3 is 19.1 Å². The summed E-state index contributed by atoms with van der Waals surface area (Å²) in [7, 11) is 1.90. The fraction of sp³-hybridized carbons (Fsp3) is 0.276. The first-order valence-electron chi connectivity index (χ1n) is 12.1. The van der Waals surface area contributed by atoms with Gasteiger partial charge in [0.15, 0.2) is 0 Å². The van der Waals surface area contributed by atoms with Gasteiger partial charge in [-0.1, -0.05) is 12.1 Å². The van der Waals surface area contributed by atoms with Gasteiger partial charge in [-0.2, -0.15) is 4.57 Å². The highest BCUT2D eigenvalue weighted by molar-refractivity contribution is 6.13. The van der Waals surface area contributed by atoms with Crippen molar-refractivity contribution >= 4 is 33.7 Å². The Morgan fingerprint density at radius 2 is 1.81 bits per heavy atom. The highest BCUT2D eigenvalue weighted by Crippen LogP contribution is 2.46. The third-order valence-corrected chi connectivity index (χ3v) is 6.67. The Morgan fingerprint density at radius 3 is 2.57 bits per heavy atom. The number of pyridine rings is 1. The van der Waals surface area contributed by atoms with Crippen LogP contribution < -0.4 is 9.30 Å². The summed E-state index contributed by atoms with van der Waals surface area (Å²) in [5, 5.41) is 2.77. The quantitative estimate of drug-likeness (QED) is 0.181. The molecule has 37 heavy (non-hydrogen) atoms. The number of fused-ring (bicyclic) bond motifs is 4. The first kappa shape index (κ1) is 23.2. The van der Waals surface area contributed by atoms with Crippen molar-refractivity contribution in [1.82, 2.24) is 4.90 Å². The number of ether oxygens (including phenoxy) is 3. The van der Waals surface area contributed by atoms with Gasteiger partial charge in [0.25, 0.3) is 0 Å². The number of nitrogens with zero attached hydrogens (tertiary/aromatic N) is 2. The normalized spacial score (nSPS) is 14.7. The van der Waals surface area contributed by atoms with E-state index < -0.39 is 23.8 Å². The van der Waals surface area contributed by atoms with E-state index in [-0.39, 0.29) is 5.82 Å². The van der Waals surface area contributed by atoms with E-state index in [1.807, 2.05) is 56.7 Å². The van der Waals surface area contributed by atoms with Crippen molar-refractivity contribution in [2.24, 2.45) is 7.05 Å². The van der Waals surface area contributed by atoms with E-state index in [0.717, 1.165) is 27.4 Å². The van der Waals surface area contributed by atoms with Gasteiger partial charge in [-0.05, 0) is 57.2 Å². The predicted molar refractivity (Wildman–Crippen MR) is 135 cm³/mol. The van der Waals surface area contributed by atoms with Crippen LogP contribution in [0.25, 0.3) is 32.9 Å². The average Bonchev–Trinajstić information content (AvgIpc) is 2.82. The molecular formula is C29H26FN2O5+. The van der Waals surface area contributed by atoms with Crippen LogP contribution in [0.4, 0.5) is 9.18 Å². The number of aryl methyl sites for hydroxylation is 1. The second-order valence-electron chi connectivity index (χ2n) is 10.5. The number of carbonyl (C=O) groups excluding carboxylic acids is 2. The molecule has 2 aliphatic rings. The molecule has 3 aromatic carbocycles. The number of halogens is 1. The lowest BCUT2D eigenvalue weighted by atomic mass is 9.95. The standard InChI is InChI=1S/C29H26FN2O5/c1-29(2,3)37-28(34)32-14-18(15-32)35-27(33)16-8-10-19-20-6-5-7-24-25(20)26(31(4)22(19)12-16)21-13-17(30)9-11-23(21)36-24/h5-13,18H,14-15H2,1-4H3/q+1. The minimum Gasteiger partial charge on any atom is -0.456 e. The maximum absolute atomic E-state index is 14.2. The first-order chi connectivity index (χ1) is 17.6. The van der Waals surface area contributed by atoms with Crippen molar-refractivity contribution in [3.05, 3.63) is 66.0 Å². The fourth-order valence-electron chi connectivity index (χ4n) is 4.95. The minimum atomic E-state index is -0.581. The molecule has 1 saturated heterocycles. The number of benzene rings is 3. The lowest BCUT2D eigenvalue weighted by Crippen LogP contribution is -2.56. The molecule has 6 rings (SSSR count). The van der Waals surface area contributed by atoms with Gasteiger partial charge in [-0.15, -0.1) is 0 Å². The van der Waals surface area contributed by atoms with E-state index in [2.05, 4.69) is 0 Å². The van der Waals surface area contributed by atoms with E-state index in [1.54, 1.807) is 18.2 Å². The van der Waals surface area contributed by atoms with Crippen LogP contribution in [0.2, 0.25) is 0 Å². The van der Waals surface area contributed by atoms with E-state index >= 15 is 0 Å². The molecule has 1 fully saturated rings. The zero-order valence-electron chi connectivity index (χ0n) is 21.0. The van der Waals surface area contributed by atoms with Crippen LogP contribution in [0.5, 0.6) is 11.5 Å². The van der Waals surface area contributed by atoms with Crippen molar-refractivity contribution in [3.8, 4) is 22.8 Å². The number of hydrogen-bond acceptors (Lipinski definition) is 5. The molecule has 8 heteroatoms. The van der Waals surface area contributed by atoms with Crippen molar-refractivity contribution in [3.63, 3.8) is 0 Å². The highest BCUT2D eigenvalue weighted by Gasteiger charge is 2.37. The Morgan fingerprint density at radius 1 is 1.03 bits per heavy atom. The summed E-state index contributed by atoms with van der Waals surface area (Å²) in [4.78, 5) is 26.7. The van der Waals surface area contributed by atoms with Crippen molar-refractivity contribution < 1.29 is 32.8 Å². The second-order valence-corrected chi connectivity index (χ2v) is 10.5. The predicted octanol–water partition coefficient (Wildman–Crippen LogP) is 5.51. The van der Waals surface area contributed by atoms with Gasteiger partial charge in [0.1, 0.15) is 36.1 Å². The highest BCUT2D eigenvalue weighted by atomic mass is 19.1. The zero-order chi connectivity index (χ0) is 26.1. The Hall–Kier alpha value is -4.20. The maximum atomic E-state index is 14.2. The lowest BCUT2D eigenvalue weighted by molar-refractivity contribution is -0.632. The summed E-state index contributed by atoms with van der Waals surface area (Å²) in [5.74, 6) is 0.458. The molecule has 4 aromatic rings.